The summed E-state index contributed by atoms with van der Waals surface area (Å²) in [6, 6.07) is 16.5. The highest BCUT2D eigenvalue weighted by atomic mass is 14.9. The van der Waals surface area contributed by atoms with E-state index in [2.05, 4.69) is 35.7 Å². The van der Waals surface area contributed by atoms with Crippen molar-refractivity contribution in [2.24, 2.45) is 0 Å². The molecule has 3 nitrogen and oxygen atoms in total. The minimum atomic E-state index is 0.274. The third-order valence-electron chi connectivity index (χ3n) is 3.86. The van der Waals surface area contributed by atoms with Gasteiger partial charge in [-0.05, 0) is 48.6 Å². The van der Waals surface area contributed by atoms with Crippen LogP contribution in [0.25, 0.3) is 0 Å². The van der Waals surface area contributed by atoms with E-state index < -0.39 is 0 Å². The van der Waals surface area contributed by atoms with Crippen LogP contribution in [0.15, 0.2) is 42.5 Å². The Morgan fingerprint density at radius 2 is 2.05 bits per heavy atom. The molecule has 20 heavy (non-hydrogen) atoms. The molecule has 1 aliphatic rings. The summed E-state index contributed by atoms with van der Waals surface area (Å²) in [6.07, 6.45) is 3.40. The minimum absolute atomic E-state index is 0.274. The van der Waals surface area contributed by atoms with Crippen LogP contribution in [0.1, 0.15) is 35.6 Å². The zero-order chi connectivity index (χ0) is 13.9. The van der Waals surface area contributed by atoms with Gasteiger partial charge in [-0.15, -0.1) is 0 Å². The standard InChI is InChI=1S/C17H17N3/c18-11-13-10-14(19)8-9-16(13)20-17-7-3-5-12-4-1-2-6-15(12)17/h1-2,4,6,8-10,17,20H,3,5,7,19H2. The molecule has 3 rings (SSSR count). The number of nitrogens with two attached hydrogens (primary N) is 1. The largest absolute Gasteiger partial charge is 0.399 e. The number of nitrogen functional groups attached to an aromatic ring is 1. The molecule has 2 aromatic carbocycles. The van der Waals surface area contributed by atoms with E-state index in [-0.39, 0.29) is 6.04 Å². The lowest BCUT2D eigenvalue weighted by atomic mass is 9.87. The number of hydrogen-bond acceptors (Lipinski definition) is 3. The molecule has 100 valence electrons. The molecule has 0 amide bonds. The van der Waals surface area contributed by atoms with Gasteiger partial charge in [0.25, 0.3) is 0 Å². The monoisotopic (exact) mass is 263 g/mol. The number of nitrogens with zero attached hydrogens (tertiary/aromatic N) is 1. The van der Waals surface area contributed by atoms with Gasteiger partial charge in [-0.1, -0.05) is 24.3 Å². The maximum Gasteiger partial charge on any atom is 0.101 e. The van der Waals surface area contributed by atoms with Crippen LogP contribution in [0.5, 0.6) is 0 Å². The first-order chi connectivity index (χ1) is 9.78. The predicted octanol–water partition coefficient (Wildman–Crippen LogP) is 3.63. The average Bonchev–Trinajstić information content (AvgIpc) is 2.49. The highest BCUT2D eigenvalue weighted by Gasteiger charge is 2.20. The van der Waals surface area contributed by atoms with E-state index >= 15 is 0 Å². The lowest BCUT2D eigenvalue weighted by Gasteiger charge is -2.27. The fraction of sp³-hybridized carbons (Fsp3) is 0.235. The van der Waals surface area contributed by atoms with Gasteiger partial charge in [-0.2, -0.15) is 5.26 Å². The maximum absolute atomic E-state index is 9.22. The first kappa shape index (κ1) is 12.6. The number of benzene rings is 2. The van der Waals surface area contributed by atoms with E-state index in [1.165, 1.54) is 17.5 Å². The van der Waals surface area contributed by atoms with Crippen LogP contribution in [-0.2, 0) is 6.42 Å². The Morgan fingerprint density at radius 3 is 2.90 bits per heavy atom. The molecule has 0 saturated carbocycles. The summed E-state index contributed by atoms with van der Waals surface area (Å²) in [7, 11) is 0. The second kappa shape index (κ2) is 5.26. The summed E-state index contributed by atoms with van der Waals surface area (Å²) in [6.45, 7) is 0. The number of fused-ring (bicyclic) bond motifs is 1. The third kappa shape index (κ3) is 2.33. The van der Waals surface area contributed by atoms with Crippen molar-refractivity contribution in [2.75, 3.05) is 11.1 Å². The van der Waals surface area contributed by atoms with Gasteiger partial charge < -0.3 is 11.1 Å². The summed E-state index contributed by atoms with van der Waals surface area (Å²) in [4.78, 5) is 0. The predicted molar refractivity (Wildman–Crippen MR) is 81.3 cm³/mol. The molecule has 0 aromatic heterocycles. The molecule has 1 aliphatic carbocycles. The van der Waals surface area contributed by atoms with Crippen molar-refractivity contribution >= 4 is 11.4 Å². The van der Waals surface area contributed by atoms with Crippen LogP contribution < -0.4 is 11.1 Å². The number of anilines is 2. The molecule has 0 fully saturated rings. The smallest absolute Gasteiger partial charge is 0.101 e. The van der Waals surface area contributed by atoms with Gasteiger partial charge in [0.15, 0.2) is 0 Å². The highest BCUT2D eigenvalue weighted by Crippen LogP contribution is 2.33. The van der Waals surface area contributed by atoms with Crippen LogP contribution >= 0.6 is 0 Å². The first-order valence-corrected chi connectivity index (χ1v) is 6.92. The highest BCUT2D eigenvalue weighted by molar-refractivity contribution is 5.63. The molecular formula is C17H17N3. The van der Waals surface area contributed by atoms with Crippen molar-refractivity contribution in [3.05, 3.63) is 59.2 Å². The average molecular weight is 263 g/mol. The second-order valence-corrected chi connectivity index (χ2v) is 5.20. The van der Waals surface area contributed by atoms with Gasteiger partial charge in [0.1, 0.15) is 6.07 Å². The topological polar surface area (TPSA) is 61.8 Å². The van der Waals surface area contributed by atoms with Crippen LogP contribution in [0, 0.1) is 11.3 Å². The molecule has 0 aliphatic heterocycles. The summed E-state index contributed by atoms with van der Waals surface area (Å²) in [5.74, 6) is 0. The molecule has 0 saturated heterocycles. The van der Waals surface area contributed by atoms with Gasteiger partial charge in [-0.3, -0.25) is 0 Å². The molecular weight excluding hydrogens is 246 g/mol. The quantitative estimate of drug-likeness (QED) is 0.813. The molecule has 3 N–H and O–H groups in total. The Morgan fingerprint density at radius 1 is 1.20 bits per heavy atom. The summed E-state index contributed by atoms with van der Waals surface area (Å²) < 4.78 is 0. The van der Waals surface area contributed by atoms with Crippen molar-refractivity contribution in [1.29, 1.82) is 5.26 Å². The fourth-order valence-corrected chi connectivity index (χ4v) is 2.87. The lowest BCUT2D eigenvalue weighted by molar-refractivity contribution is 0.600. The number of rotatable bonds is 2. The lowest BCUT2D eigenvalue weighted by Crippen LogP contribution is -2.17. The molecule has 0 radical (unpaired) electrons. The Kier molecular flexibility index (Phi) is 3.30. The Labute approximate surface area is 119 Å². The van der Waals surface area contributed by atoms with Gasteiger partial charge in [-0.25, -0.2) is 0 Å². The number of nitriles is 1. The van der Waals surface area contributed by atoms with E-state index in [4.69, 9.17) is 5.73 Å². The molecule has 0 heterocycles. The van der Waals surface area contributed by atoms with Gasteiger partial charge >= 0.3 is 0 Å². The summed E-state index contributed by atoms with van der Waals surface area (Å²) in [5, 5.41) is 12.7. The normalized spacial score (nSPS) is 17.1. The fourth-order valence-electron chi connectivity index (χ4n) is 2.87. The van der Waals surface area contributed by atoms with Crippen molar-refractivity contribution in [3.63, 3.8) is 0 Å². The molecule has 3 heteroatoms. The second-order valence-electron chi connectivity index (χ2n) is 5.20. The number of hydrogen-bond donors (Lipinski definition) is 2. The summed E-state index contributed by atoms with van der Waals surface area (Å²) >= 11 is 0. The van der Waals surface area contributed by atoms with Crippen molar-refractivity contribution in [1.82, 2.24) is 0 Å². The van der Waals surface area contributed by atoms with E-state index in [1.807, 2.05) is 12.1 Å². The van der Waals surface area contributed by atoms with E-state index in [1.54, 1.807) is 6.07 Å². The molecule has 0 spiro atoms. The van der Waals surface area contributed by atoms with Crippen molar-refractivity contribution < 1.29 is 0 Å². The number of nitrogens with one attached hydrogen (secondary N) is 1. The molecule has 2 aromatic rings. The Hall–Kier alpha value is -2.47. The zero-order valence-electron chi connectivity index (χ0n) is 11.3. The molecule has 1 atom stereocenters. The van der Waals surface area contributed by atoms with Gasteiger partial charge in [0, 0.05) is 5.69 Å². The van der Waals surface area contributed by atoms with Crippen LogP contribution in [0.3, 0.4) is 0 Å². The van der Waals surface area contributed by atoms with Crippen molar-refractivity contribution in [2.45, 2.75) is 25.3 Å². The van der Waals surface area contributed by atoms with Crippen LogP contribution in [0.2, 0.25) is 0 Å². The minimum Gasteiger partial charge on any atom is -0.399 e. The van der Waals surface area contributed by atoms with E-state index in [0.29, 0.717) is 11.3 Å². The number of aryl methyl sites for hydroxylation is 1. The van der Waals surface area contributed by atoms with E-state index in [0.717, 1.165) is 18.5 Å². The Bertz CT molecular complexity index is 670. The van der Waals surface area contributed by atoms with Gasteiger partial charge in [0.2, 0.25) is 0 Å². The zero-order valence-corrected chi connectivity index (χ0v) is 11.3. The van der Waals surface area contributed by atoms with Gasteiger partial charge in [0.05, 0.1) is 17.3 Å². The SMILES string of the molecule is N#Cc1cc(N)ccc1NC1CCCc2ccccc21. The van der Waals surface area contributed by atoms with Crippen LogP contribution in [-0.4, -0.2) is 0 Å². The Balaban J connectivity index is 1.92. The first-order valence-electron chi connectivity index (χ1n) is 6.92. The van der Waals surface area contributed by atoms with Crippen LogP contribution in [0.4, 0.5) is 11.4 Å². The molecule has 0 bridgehead atoms. The van der Waals surface area contributed by atoms with E-state index in [9.17, 15) is 5.26 Å². The molecule has 1 unspecified atom stereocenters. The maximum atomic E-state index is 9.22. The summed E-state index contributed by atoms with van der Waals surface area (Å²) in [5.41, 5.74) is 10.6. The third-order valence-corrected chi connectivity index (χ3v) is 3.86. The van der Waals surface area contributed by atoms with Crippen molar-refractivity contribution in [3.8, 4) is 6.07 Å².